The van der Waals surface area contributed by atoms with E-state index in [1.54, 1.807) is 0 Å². The summed E-state index contributed by atoms with van der Waals surface area (Å²) in [5.41, 5.74) is -1.31. The SMILES string of the molecule is Oc1cc(CCl)c(O)n1-c1c(F)c(F)cc(F)c1F. The number of nitrogens with zero attached hydrogens (tertiary/aromatic N) is 1. The van der Waals surface area contributed by atoms with Crippen molar-refractivity contribution in [1.82, 2.24) is 4.57 Å². The second-order valence-electron chi connectivity index (χ2n) is 3.64. The molecule has 3 nitrogen and oxygen atoms in total. The van der Waals surface area contributed by atoms with Gasteiger partial charge in [0.2, 0.25) is 5.88 Å². The maximum atomic E-state index is 13.5. The van der Waals surface area contributed by atoms with Crippen LogP contribution in [-0.4, -0.2) is 14.8 Å². The molecule has 2 aromatic rings. The summed E-state index contributed by atoms with van der Waals surface area (Å²) in [6, 6.07) is 0.943. The molecule has 0 bridgehead atoms. The summed E-state index contributed by atoms with van der Waals surface area (Å²) in [5.74, 6) is -8.70. The number of rotatable bonds is 2. The first kappa shape index (κ1) is 13.5. The molecule has 0 aliphatic carbocycles. The number of hydrogen-bond donors (Lipinski definition) is 2. The third-order valence-corrected chi connectivity index (χ3v) is 2.78. The van der Waals surface area contributed by atoms with E-state index in [1.165, 1.54) is 0 Å². The van der Waals surface area contributed by atoms with Gasteiger partial charge >= 0.3 is 0 Å². The van der Waals surface area contributed by atoms with Crippen LogP contribution in [0.1, 0.15) is 5.56 Å². The first-order valence-electron chi connectivity index (χ1n) is 4.90. The molecule has 0 saturated carbocycles. The van der Waals surface area contributed by atoms with Crippen molar-refractivity contribution in [3.63, 3.8) is 0 Å². The Hall–Kier alpha value is -1.89. The average Bonchev–Trinajstić information content (AvgIpc) is 2.64. The lowest BCUT2D eigenvalue weighted by Gasteiger charge is -2.10. The Balaban J connectivity index is 2.83. The highest BCUT2D eigenvalue weighted by Crippen LogP contribution is 2.35. The van der Waals surface area contributed by atoms with Gasteiger partial charge in [-0.15, -0.1) is 11.6 Å². The van der Waals surface area contributed by atoms with Crippen LogP contribution < -0.4 is 0 Å². The smallest absolute Gasteiger partial charge is 0.203 e. The summed E-state index contributed by atoms with van der Waals surface area (Å²) in [6.45, 7) is 0. The molecule has 0 aliphatic rings. The van der Waals surface area contributed by atoms with Crippen LogP contribution in [0.2, 0.25) is 0 Å². The van der Waals surface area contributed by atoms with E-state index in [0.717, 1.165) is 6.07 Å². The molecule has 0 unspecified atom stereocenters. The van der Waals surface area contributed by atoms with Crippen molar-refractivity contribution in [2.45, 2.75) is 5.88 Å². The van der Waals surface area contributed by atoms with Crippen molar-refractivity contribution in [3.8, 4) is 17.4 Å². The van der Waals surface area contributed by atoms with E-state index in [-0.39, 0.29) is 22.1 Å². The summed E-state index contributed by atoms with van der Waals surface area (Å²) in [4.78, 5) is 0. The Bertz CT molecular complexity index is 631. The third kappa shape index (κ3) is 1.99. The van der Waals surface area contributed by atoms with Crippen molar-refractivity contribution in [2.24, 2.45) is 0 Å². The summed E-state index contributed by atoms with van der Waals surface area (Å²) in [5, 5.41) is 19.1. The van der Waals surface area contributed by atoms with Gasteiger partial charge in [-0.3, -0.25) is 0 Å². The molecule has 0 saturated heterocycles. The van der Waals surface area contributed by atoms with Gasteiger partial charge in [-0.05, 0) is 0 Å². The number of hydrogen-bond acceptors (Lipinski definition) is 2. The maximum absolute atomic E-state index is 13.5. The zero-order valence-electron chi connectivity index (χ0n) is 9.09. The molecule has 0 aliphatic heterocycles. The highest BCUT2D eigenvalue weighted by molar-refractivity contribution is 6.17. The Kier molecular flexibility index (Phi) is 3.32. The molecule has 2 rings (SSSR count). The minimum Gasteiger partial charge on any atom is -0.494 e. The third-order valence-electron chi connectivity index (χ3n) is 2.49. The van der Waals surface area contributed by atoms with Crippen molar-refractivity contribution in [1.29, 1.82) is 0 Å². The van der Waals surface area contributed by atoms with E-state index in [9.17, 15) is 27.8 Å². The van der Waals surface area contributed by atoms with Crippen LogP contribution in [0.5, 0.6) is 11.8 Å². The molecular formula is C11H6ClF4NO2. The molecule has 1 heterocycles. The number of halogens is 5. The maximum Gasteiger partial charge on any atom is 0.203 e. The Morgan fingerprint density at radius 1 is 1.00 bits per heavy atom. The van der Waals surface area contributed by atoms with Gasteiger partial charge in [0.25, 0.3) is 0 Å². The average molecular weight is 296 g/mol. The number of aromatic nitrogens is 1. The van der Waals surface area contributed by atoms with E-state index in [0.29, 0.717) is 0 Å². The van der Waals surface area contributed by atoms with E-state index in [2.05, 4.69) is 0 Å². The zero-order chi connectivity index (χ0) is 14.3. The molecule has 19 heavy (non-hydrogen) atoms. The van der Waals surface area contributed by atoms with Crippen LogP contribution in [0, 0.1) is 23.3 Å². The summed E-state index contributed by atoms with van der Waals surface area (Å²) < 4.78 is 53.5. The van der Waals surface area contributed by atoms with Gasteiger partial charge in [-0.2, -0.15) is 0 Å². The van der Waals surface area contributed by atoms with Gasteiger partial charge in [-0.25, -0.2) is 22.1 Å². The van der Waals surface area contributed by atoms with Crippen LogP contribution >= 0.6 is 11.6 Å². The number of alkyl halides is 1. The molecule has 8 heteroatoms. The zero-order valence-corrected chi connectivity index (χ0v) is 9.85. The quantitative estimate of drug-likeness (QED) is 0.508. The summed E-state index contributed by atoms with van der Waals surface area (Å²) >= 11 is 5.43. The van der Waals surface area contributed by atoms with Crippen molar-refractivity contribution >= 4 is 11.6 Å². The normalized spacial score (nSPS) is 11.0. The molecule has 0 radical (unpaired) electrons. The standard InChI is InChI=1S/C11H6ClF4NO2/c12-3-4-1-7(18)17(11(4)19)10-8(15)5(13)2-6(14)9(10)16/h1-2,18-19H,3H2. The number of benzene rings is 1. The molecular weight excluding hydrogens is 290 g/mol. The van der Waals surface area contributed by atoms with Crippen molar-refractivity contribution in [2.75, 3.05) is 0 Å². The highest BCUT2D eigenvalue weighted by Gasteiger charge is 2.25. The monoisotopic (exact) mass is 295 g/mol. The topological polar surface area (TPSA) is 45.4 Å². The molecule has 1 aromatic carbocycles. The van der Waals surface area contributed by atoms with E-state index in [4.69, 9.17) is 11.6 Å². The van der Waals surface area contributed by atoms with Gasteiger partial charge in [0.05, 0.1) is 5.88 Å². The fourth-order valence-corrected chi connectivity index (χ4v) is 1.81. The predicted octanol–water partition coefficient (Wildman–Crippen LogP) is 3.18. The van der Waals surface area contributed by atoms with E-state index in [1.807, 2.05) is 0 Å². The minimum absolute atomic E-state index is 0.0220. The van der Waals surface area contributed by atoms with Gasteiger partial charge < -0.3 is 10.2 Å². The fourth-order valence-electron chi connectivity index (χ4n) is 1.61. The van der Waals surface area contributed by atoms with Gasteiger partial charge in [0, 0.05) is 17.7 Å². The molecule has 2 N–H and O–H groups in total. The number of aromatic hydroxyl groups is 2. The minimum atomic E-state index is -1.75. The molecule has 0 atom stereocenters. The van der Waals surface area contributed by atoms with Crippen LogP contribution in [0.4, 0.5) is 17.6 Å². The molecule has 0 spiro atoms. The predicted molar refractivity (Wildman–Crippen MR) is 58.5 cm³/mol. The van der Waals surface area contributed by atoms with Crippen molar-refractivity contribution < 1.29 is 27.8 Å². The second kappa shape index (κ2) is 4.65. The van der Waals surface area contributed by atoms with E-state index < -0.39 is 40.7 Å². The van der Waals surface area contributed by atoms with Crippen LogP contribution in [-0.2, 0) is 5.88 Å². The van der Waals surface area contributed by atoms with E-state index >= 15 is 0 Å². The van der Waals surface area contributed by atoms with Crippen LogP contribution in [0.15, 0.2) is 12.1 Å². The fraction of sp³-hybridized carbons (Fsp3) is 0.0909. The Morgan fingerprint density at radius 3 is 1.95 bits per heavy atom. The van der Waals surface area contributed by atoms with Gasteiger partial charge in [-0.1, -0.05) is 0 Å². The second-order valence-corrected chi connectivity index (χ2v) is 3.90. The van der Waals surface area contributed by atoms with Crippen LogP contribution in [0.25, 0.3) is 5.69 Å². The first-order valence-corrected chi connectivity index (χ1v) is 5.43. The lowest BCUT2D eigenvalue weighted by molar-refractivity contribution is 0.384. The van der Waals surface area contributed by atoms with Gasteiger partial charge in [0.15, 0.2) is 29.1 Å². The Morgan fingerprint density at radius 2 is 1.53 bits per heavy atom. The summed E-state index contributed by atoms with van der Waals surface area (Å²) in [7, 11) is 0. The molecule has 0 amide bonds. The molecule has 102 valence electrons. The molecule has 0 fully saturated rings. The Labute approximate surface area is 109 Å². The van der Waals surface area contributed by atoms with Crippen molar-refractivity contribution in [3.05, 3.63) is 41.0 Å². The van der Waals surface area contributed by atoms with Crippen LogP contribution in [0.3, 0.4) is 0 Å². The largest absolute Gasteiger partial charge is 0.494 e. The lowest BCUT2D eigenvalue weighted by atomic mass is 10.2. The van der Waals surface area contributed by atoms with Gasteiger partial charge in [0.1, 0.15) is 5.69 Å². The highest BCUT2D eigenvalue weighted by atomic mass is 35.5. The summed E-state index contributed by atoms with van der Waals surface area (Å²) in [6.07, 6.45) is 0. The lowest BCUT2D eigenvalue weighted by Crippen LogP contribution is -2.06. The first-order chi connectivity index (χ1) is 8.88. The molecule has 1 aromatic heterocycles.